The Bertz CT molecular complexity index is 689. The zero-order valence-corrected chi connectivity index (χ0v) is 13.9. The summed E-state index contributed by atoms with van der Waals surface area (Å²) in [5.74, 6) is -0.683. The largest absolute Gasteiger partial charge is 0.505 e. The third kappa shape index (κ3) is 3.26. The van der Waals surface area contributed by atoms with Gasteiger partial charge >= 0.3 is 0 Å². The van der Waals surface area contributed by atoms with E-state index in [1.165, 1.54) is 11.6 Å². The van der Waals surface area contributed by atoms with Gasteiger partial charge in [-0.3, -0.25) is 4.90 Å². The number of fused-ring (bicyclic) bond motifs is 1. The van der Waals surface area contributed by atoms with E-state index in [0.29, 0.717) is 0 Å². The van der Waals surface area contributed by atoms with Crippen LogP contribution in [0.4, 0.5) is 4.39 Å². The van der Waals surface area contributed by atoms with Crippen molar-refractivity contribution in [3.8, 4) is 5.75 Å². The Kier molecular flexibility index (Phi) is 5.45. The van der Waals surface area contributed by atoms with Crippen molar-refractivity contribution in [2.75, 3.05) is 13.6 Å². The molecule has 122 valence electrons. The SMILES string of the molecule is C=CCN(C)[C@@H]1Cc2cc(F)c(O)cc2[C@H]1c1ccccc1.Cl. The Hall–Kier alpha value is -1.84. The van der Waals surface area contributed by atoms with Crippen LogP contribution in [0.5, 0.6) is 5.75 Å². The van der Waals surface area contributed by atoms with E-state index in [1.54, 1.807) is 6.07 Å². The van der Waals surface area contributed by atoms with Crippen molar-refractivity contribution in [1.82, 2.24) is 4.90 Å². The van der Waals surface area contributed by atoms with E-state index < -0.39 is 5.82 Å². The molecule has 4 heteroatoms. The number of hydrogen-bond acceptors (Lipinski definition) is 2. The zero-order chi connectivity index (χ0) is 15.7. The second-order valence-corrected chi connectivity index (χ2v) is 5.89. The van der Waals surface area contributed by atoms with Crippen LogP contribution in [0, 0.1) is 5.82 Å². The van der Waals surface area contributed by atoms with E-state index in [-0.39, 0.29) is 30.1 Å². The molecule has 0 aromatic heterocycles. The Balaban J connectivity index is 0.00000192. The highest BCUT2D eigenvalue weighted by Crippen LogP contribution is 2.42. The Morgan fingerprint density at radius 3 is 2.65 bits per heavy atom. The van der Waals surface area contributed by atoms with E-state index >= 15 is 0 Å². The van der Waals surface area contributed by atoms with E-state index in [0.717, 1.165) is 24.1 Å². The fourth-order valence-electron chi connectivity index (χ4n) is 3.45. The summed E-state index contributed by atoms with van der Waals surface area (Å²) in [4.78, 5) is 2.24. The second kappa shape index (κ2) is 7.16. The first-order valence-electron chi connectivity index (χ1n) is 7.49. The molecular weight excluding hydrogens is 313 g/mol. The molecule has 0 saturated carbocycles. The van der Waals surface area contributed by atoms with Crippen molar-refractivity contribution in [2.24, 2.45) is 0 Å². The average molecular weight is 334 g/mol. The Morgan fingerprint density at radius 1 is 1.30 bits per heavy atom. The van der Waals surface area contributed by atoms with Gasteiger partial charge in [0.25, 0.3) is 0 Å². The van der Waals surface area contributed by atoms with Gasteiger partial charge in [-0.15, -0.1) is 19.0 Å². The number of rotatable bonds is 4. The van der Waals surface area contributed by atoms with Crippen LogP contribution in [-0.4, -0.2) is 29.6 Å². The smallest absolute Gasteiger partial charge is 0.165 e. The van der Waals surface area contributed by atoms with E-state index in [4.69, 9.17) is 0 Å². The van der Waals surface area contributed by atoms with Crippen molar-refractivity contribution in [2.45, 2.75) is 18.4 Å². The number of phenols is 1. The molecule has 0 fully saturated rings. The molecule has 0 spiro atoms. The van der Waals surface area contributed by atoms with Crippen LogP contribution in [0.3, 0.4) is 0 Å². The fraction of sp³-hybridized carbons (Fsp3) is 0.263. The van der Waals surface area contributed by atoms with Crippen molar-refractivity contribution < 1.29 is 9.50 Å². The predicted molar refractivity (Wildman–Crippen MR) is 93.9 cm³/mol. The topological polar surface area (TPSA) is 23.5 Å². The van der Waals surface area contributed by atoms with Crippen LogP contribution in [0.1, 0.15) is 22.6 Å². The lowest BCUT2D eigenvalue weighted by Crippen LogP contribution is -2.35. The Labute approximate surface area is 142 Å². The summed E-state index contributed by atoms with van der Waals surface area (Å²) in [6, 6.07) is 13.5. The highest BCUT2D eigenvalue weighted by molar-refractivity contribution is 5.85. The van der Waals surface area contributed by atoms with Crippen LogP contribution in [0.25, 0.3) is 0 Å². The minimum absolute atomic E-state index is 0. The third-order valence-electron chi connectivity index (χ3n) is 4.50. The molecule has 1 aliphatic carbocycles. The lowest BCUT2D eigenvalue weighted by molar-refractivity contribution is 0.256. The molecule has 3 rings (SSSR count). The highest BCUT2D eigenvalue weighted by Gasteiger charge is 2.36. The maximum atomic E-state index is 13.7. The summed E-state index contributed by atoms with van der Waals surface area (Å²) in [6.45, 7) is 4.58. The second-order valence-electron chi connectivity index (χ2n) is 5.89. The van der Waals surface area contributed by atoms with Gasteiger partial charge < -0.3 is 5.11 Å². The zero-order valence-electron chi connectivity index (χ0n) is 13.1. The summed E-state index contributed by atoms with van der Waals surface area (Å²) in [7, 11) is 2.06. The average Bonchev–Trinajstić information content (AvgIpc) is 2.87. The number of halogens is 2. The van der Waals surface area contributed by atoms with Gasteiger partial charge in [0.05, 0.1) is 0 Å². The Morgan fingerprint density at radius 2 is 2.00 bits per heavy atom. The number of nitrogens with zero attached hydrogens (tertiary/aromatic N) is 1. The van der Waals surface area contributed by atoms with Crippen LogP contribution in [-0.2, 0) is 6.42 Å². The summed E-state index contributed by atoms with van der Waals surface area (Å²) in [6.07, 6.45) is 2.65. The van der Waals surface area contributed by atoms with Crippen molar-refractivity contribution in [1.29, 1.82) is 0 Å². The molecule has 23 heavy (non-hydrogen) atoms. The molecule has 0 heterocycles. The molecule has 2 aromatic carbocycles. The summed E-state index contributed by atoms with van der Waals surface area (Å²) in [5.41, 5.74) is 3.18. The van der Waals surface area contributed by atoms with Gasteiger partial charge in [0.1, 0.15) is 0 Å². The highest BCUT2D eigenvalue weighted by atomic mass is 35.5. The molecule has 0 unspecified atom stereocenters. The molecule has 0 bridgehead atoms. The van der Waals surface area contributed by atoms with Crippen LogP contribution in [0.15, 0.2) is 55.1 Å². The molecule has 0 aliphatic heterocycles. The molecule has 2 nitrogen and oxygen atoms in total. The quantitative estimate of drug-likeness (QED) is 0.850. The molecule has 1 aliphatic rings. The first-order valence-corrected chi connectivity index (χ1v) is 7.49. The first-order chi connectivity index (χ1) is 10.6. The van der Waals surface area contributed by atoms with Crippen molar-refractivity contribution >= 4 is 12.4 Å². The van der Waals surface area contributed by atoms with Gasteiger partial charge in [-0.1, -0.05) is 36.4 Å². The van der Waals surface area contributed by atoms with Gasteiger partial charge in [-0.05, 0) is 42.3 Å². The predicted octanol–water partition coefficient (Wildman–Crippen LogP) is 4.13. The number of aromatic hydroxyl groups is 1. The normalized spacial score (nSPS) is 19.3. The van der Waals surface area contributed by atoms with Gasteiger partial charge in [-0.2, -0.15) is 0 Å². The lowest BCUT2D eigenvalue weighted by Gasteiger charge is -2.29. The van der Waals surface area contributed by atoms with Crippen molar-refractivity contribution in [3.05, 3.63) is 77.6 Å². The third-order valence-corrected chi connectivity index (χ3v) is 4.50. The number of likely N-dealkylation sites (N-methyl/N-ethyl adjacent to an activating group) is 1. The molecule has 0 saturated heterocycles. The maximum absolute atomic E-state index is 13.7. The minimum atomic E-state index is -0.544. The molecule has 0 amide bonds. The first kappa shape index (κ1) is 17.5. The van der Waals surface area contributed by atoms with Crippen LogP contribution < -0.4 is 0 Å². The van der Waals surface area contributed by atoms with Gasteiger partial charge in [0.15, 0.2) is 11.6 Å². The molecule has 0 radical (unpaired) electrons. The van der Waals surface area contributed by atoms with Crippen LogP contribution in [0.2, 0.25) is 0 Å². The number of benzene rings is 2. The summed E-state index contributed by atoms with van der Waals surface area (Å²) < 4.78 is 13.7. The number of hydrogen-bond donors (Lipinski definition) is 1. The molecule has 2 atom stereocenters. The fourth-order valence-corrected chi connectivity index (χ4v) is 3.45. The minimum Gasteiger partial charge on any atom is -0.505 e. The lowest BCUT2D eigenvalue weighted by atomic mass is 9.89. The van der Waals surface area contributed by atoms with Crippen LogP contribution >= 0.6 is 12.4 Å². The molecule has 2 aromatic rings. The van der Waals surface area contributed by atoms with Gasteiger partial charge in [0.2, 0.25) is 0 Å². The standard InChI is InChI=1S/C19H20FNO.ClH/c1-3-9-21(2)17-11-14-10-16(20)18(22)12-15(14)19(17)13-7-5-4-6-8-13;/h3-8,10,12,17,19,22H,1,9,11H2,2H3;1H/t17-,19-;/m1./s1. The van der Waals surface area contributed by atoms with Gasteiger partial charge in [0, 0.05) is 18.5 Å². The molecular formula is C19H21ClFNO. The number of phenolic OH excluding ortho intramolecular Hbond substituents is 1. The van der Waals surface area contributed by atoms with E-state index in [1.807, 2.05) is 24.3 Å². The monoisotopic (exact) mass is 333 g/mol. The van der Waals surface area contributed by atoms with Gasteiger partial charge in [-0.25, -0.2) is 4.39 Å². The summed E-state index contributed by atoms with van der Waals surface area (Å²) >= 11 is 0. The molecule has 1 N–H and O–H groups in total. The maximum Gasteiger partial charge on any atom is 0.165 e. The van der Waals surface area contributed by atoms with Crippen molar-refractivity contribution in [3.63, 3.8) is 0 Å². The van der Waals surface area contributed by atoms with E-state index in [9.17, 15) is 9.50 Å². The van der Waals surface area contributed by atoms with E-state index in [2.05, 4.69) is 30.7 Å². The summed E-state index contributed by atoms with van der Waals surface area (Å²) in [5, 5.41) is 9.77.